The van der Waals surface area contributed by atoms with Crippen molar-refractivity contribution >= 4 is 51.1 Å². The fourth-order valence-electron chi connectivity index (χ4n) is 2.76. The van der Waals surface area contributed by atoms with Crippen LogP contribution in [0.3, 0.4) is 0 Å². The molecule has 0 fully saturated rings. The number of hydrogen-bond donors (Lipinski definition) is 0. The van der Waals surface area contributed by atoms with Gasteiger partial charge in [-0.2, -0.15) is 0 Å². The van der Waals surface area contributed by atoms with E-state index in [-0.39, 0.29) is 6.42 Å². The summed E-state index contributed by atoms with van der Waals surface area (Å²) < 4.78 is 11.2. The molecule has 0 aliphatic rings. The molecule has 0 aliphatic heterocycles. The molecule has 25 heavy (non-hydrogen) atoms. The van der Waals surface area contributed by atoms with E-state index in [4.69, 9.17) is 32.4 Å². The van der Waals surface area contributed by atoms with E-state index in [1.165, 1.54) is 0 Å². The average molecular weight is 371 g/mol. The van der Waals surface area contributed by atoms with E-state index >= 15 is 0 Å². The maximum Gasteiger partial charge on any atom is 0.315 e. The summed E-state index contributed by atoms with van der Waals surface area (Å²) in [6.07, 6.45) is 0.0696. The number of esters is 1. The van der Waals surface area contributed by atoms with Gasteiger partial charge in [0.15, 0.2) is 0 Å². The lowest BCUT2D eigenvalue weighted by Crippen LogP contribution is -2.11. The number of benzene rings is 3. The molecule has 0 bridgehead atoms. The topological polar surface area (TPSA) is 39.4 Å². The summed E-state index contributed by atoms with van der Waals surface area (Å²) >= 11 is 12.0. The molecule has 3 nitrogen and oxygen atoms in total. The highest BCUT2D eigenvalue weighted by molar-refractivity contribution is 6.35. The Hall–Kier alpha value is -2.49. The number of para-hydroxylation sites is 1. The summed E-state index contributed by atoms with van der Waals surface area (Å²) in [5, 5.41) is 2.86. The Morgan fingerprint density at radius 3 is 2.56 bits per heavy atom. The summed E-state index contributed by atoms with van der Waals surface area (Å²) in [4.78, 5) is 12.2. The Kier molecular flexibility index (Phi) is 4.12. The van der Waals surface area contributed by atoms with E-state index in [2.05, 4.69) is 0 Å². The summed E-state index contributed by atoms with van der Waals surface area (Å²) in [7, 11) is 0. The fraction of sp³-hybridized carbons (Fsp3) is 0.0500. The largest absolute Gasteiger partial charge is 0.456 e. The molecule has 0 amide bonds. The fourth-order valence-corrected chi connectivity index (χ4v) is 3.23. The van der Waals surface area contributed by atoms with Crippen molar-refractivity contribution in [2.75, 3.05) is 0 Å². The molecule has 1 aromatic heterocycles. The van der Waals surface area contributed by atoms with Crippen LogP contribution in [0, 0.1) is 0 Å². The van der Waals surface area contributed by atoms with E-state index in [1.54, 1.807) is 30.3 Å². The first kappa shape index (κ1) is 16.0. The second-order valence-corrected chi connectivity index (χ2v) is 6.49. The molecular weight excluding hydrogens is 359 g/mol. The number of furan rings is 1. The third kappa shape index (κ3) is 3.21. The van der Waals surface area contributed by atoms with E-state index in [0.29, 0.717) is 21.4 Å². The van der Waals surface area contributed by atoms with E-state index in [1.807, 2.05) is 30.3 Å². The first-order valence-corrected chi connectivity index (χ1v) is 8.42. The van der Waals surface area contributed by atoms with Crippen molar-refractivity contribution in [1.82, 2.24) is 0 Å². The maximum absolute atomic E-state index is 12.2. The molecule has 124 valence electrons. The molecule has 0 aliphatic carbocycles. The zero-order valence-electron chi connectivity index (χ0n) is 13.0. The lowest BCUT2D eigenvalue weighted by Gasteiger charge is -2.06. The van der Waals surface area contributed by atoms with Gasteiger partial charge in [-0.05, 0) is 42.0 Å². The molecule has 3 aromatic carbocycles. The molecule has 0 unspecified atom stereocenters. The highest BCUT2D eigenvalue weighted by Crippen LogP contribution is 2.31. The van der Waals surface area contributed by atoms with Gasteiger partial charge >= 0.3 is 5.97 Å². The lowest BCUT2D eigenvalue weighted by atomic mass is 10.1. The predicted molar refractivity (Wildman–Crippen MR) is 99.5 cm³/mol. The summed E-state index contributed by atoms with van der Waals surface area (Å²) in [6, 6.07) is 18.1. The Morgan fingerprint density at radius 1 is 0.920 bits per heavy atom. The molecule has 0 N–H and O–H groups in total. The first-order chi connectivity index (χ1) is 12.1. The minimum atomic E-state index is -0.392. The van der Waals surface area contributed by atoms with Gasteiger partial charge in [-0.1, -0.05) is 47.5 Å². The normalized spacial score (nSPS) is 11.1. The number of carbonyl (C=O) groups excluding carboxylic acids is 1. The lowest BCUT2D eigenvalue weighted by molar-refractivity contribution is -0.133. The zero-order valence-corrected chi connectivity index (χ0v) is 14.5. The Balaban J connectivity index is 1.59. The molecular formula is C20H12Cl2O3. The zero-order chi connectivity index (χ0) is 17.4. The minimum Gasteiger partial charge on any atom is -0.456 e. The van der Waals surface area contributed by atoms with E-state index in [0.717, 1.165) is 21.9 Å². The van der Waals surface area contributed by atoms with Crippen LogP contribution in [0.5, 0.6) is 5.75 Å². The first-order valence-electron chi connectivity index (χ1n) is 7.66. The highest BCUT2D eigenvalue weighted by Gasteiger charge is 2.12. The molecule has 4 aromatic rings. The van der Waals surface area contributed by atoms with Gasteiger partial charge in [0.1, 0.15) is 16.9 Å². The standard InChI is InChI=1S/C20H12Cl2O3/c21-13-6-5-12(17(22)10-13)9-20(23)24-14-7-8-19-16(11-14)15-3-1-2-4-18(15)25-19/h1-8,10-11H,9H2. The van der Waals surface area contributed by atoms with E-state index < -0.39 is 5.97 Å². The molecule has 0 radical (unpaired) electrons. The van der Waals surface area contributed by atoms with E-state index in [9.17, 15) is 4.79 Å². The van der Waals surface area contributed by atoms with Crippen LogP contribution >= 0.6 is 23.2 Å². The SMILES string of the molecule is O=C(Cc1ccc(Cl)cc1Cl)Oc1ccc2oc3ccccc3c2c1. The molecule has 0 spiro atoms. The predicted octanol–water partition coefficient (Wildman–Crippen LogP) is 6.04. The van der Waals surface area contributed by atoms with Gasteiger partial charge in [0, 0.05) is 20.8 Å². The van der Waals surface area contributed by atoms with Gasteiger partial charge in [0.2, 0.25) is 0 Å². The van der Waals surface area contributed by atoms with Gasteiger partial charge in [-0.15, -0.1) is 0 Å². The van der Waals surface area contributed by atoms with Crippen molar-refractivity contribution in [2.45, 2.75) is 6.42 Å². The van der Waals surface area contributed by atoms with Gasteiger partial charge in [0.25, 0.3) is 0 Å². The van der Waals surface area contributed by atoms with Gasteiger partial charge in [-0.25, -0.2) is 0 Å². The van der Waals surface area contributed by atoms with Crippen LogP contribution in [0.4, 0.5) is 0 Å². The molecule has 4 rings (SSSR count). The number of rotatable bonds is 3. The van der Waals surface area contributed by atoms with Crippen LogP contribution in [0.2, 0.25) is 10.0 Å². The second kappa shape index (κ2) is 6.43. The van der Waals surface area contributed by atoms with Gasteiger partial charge < -0.3 is 9.15 Å². The van der Waals surface area contributed by atoms with Crippen molar-refractivity contribution in [3.63, 3.8) is 0 Å². The minimum absolute atomic E-state index is 0.0696. The van der Waals surface area contributed by atoms with Crippen LogP contribution in [0.1, 0.15) is 5.56 Å². The number of hydrogen-bond acceptors (Lipinski definition) is 3. The maximum atomic E-state index is 12.2. The van der Waals surface area contributed by atoms with Crippen molar-refractivity contribution in [3.05, 3.63) is 76.3 Å². The third-order valence-corrected chi connectivity index (χ3v) is 4.52. The quantitative estimate of drug-likeness (QED) is 0.326. The Labute approximate surface area is 153 Å². The second-order valence-electron chi connectivity index (χ2n) is 5.64. The number of halogens is 2. The highest BCUT2D eigenvalue weighted by atomic mass is 35.5. The number of ether oxygens (including phenoxy) is 1. The van der Waals surface area contributed by atoms with Crippen molar-refractivity contribution in [1.29, 1.82) is 0 Å². The monoisotopic (exact) mass is 370 g/mol. The molecule has 0 saturated carbocycles. The summed E-state index contributed by atoms with van der Waals surface area (Å²) in [5.74, 6) is 0.0745. The number of carbonyl (C=O) groups is 1. The molecule has 0 atom stereocenters. The van der Waals surface area contributed by atoms with Crippen molar-refractivity contribution < 1.29 is 13.9 Å². The van der Waals surface area contributed by atoms with Gasteiger partial charge in [0.05, 0.1) is 6.42 Å². The van der Waals surface area contributed by atoms with Gasteiger partial charge in [-0.3, -0.25) is 4.79 Å². The summed E-state index contributed by atoms with van der Waals surface area (Å²) in [5.41, 5.74) is 2.22. The van der Waals surface area contributed by atoms with Crippen LogP contribution in [-0.4, -0.2) is 5.97 Å². The van der Waals surface area contributed by atoms with Crippen LogP contribution in [-0.2, 0) is 11.2 Å². The molecule has 5 heteroatoms. The molecule has 0 saturated heterocycles. The van der Waals surface area contributed by atoms with Crippen LogP contribution < -0.4 is 4.74 Å². The Bertz CT molecular complexity index is 1100. The smallest absolute Gasteiger partial charge is 0.315 e. The Morgan fingerprint density at radius 2 is 1.72 bits per heavy atom. The third-order valence-electron chi connectivity index (χ3n) is 3.93. The number of fused-ring (bicyclic) bond motifs is 3. The van der Waals surface area contributed by atoms with Crippen molar-refractivity contribution in [2.24, 2.45) is 0 Å². The van der Waals surface area contributed by atoms with Crippen molar-refractivity contribution in [3.8, 4) is 5.75 Å². The van der Waals surface area contributed by atoms with Crippen LogP contribution in [0.25, 0.3) is 21.9 Å². The summed E-state index contributed by atoms with van der Waals surface area (Å²) in [6.45, 7) is 0. The molecule has 1 heterocycles. The van der Waals surface area contributed by atoms with Crippen LogP contribution in [0.15, 0.2) is 65.1 Å². The average Bonchev–Trinajstić information content (AvgIpc) is 2.95.